The number of benzene rings is 9. The van der Waals surface area contributed by atoms with Crippen molar-refractivity contribution in [2.45, 2.75) is 0 Å². The molecular formula is C57H34FN5S. The summed E-state index contributed by atoms with van der Waals surface area (Å²) in [7, 11) is 0. The Morgan fingerprint density at radius 2 is 0.719 bits per heavy atom. The SMILES string of the molecule is Fc1cccc2c1sc1c(-n3c4ccccc4c4ccccc43)c(-n3c4ccccc4c4ccccc43)c(-c3nc(-c4ccccc4)nc(-c4ccccc4)n3)c(-c3ccccc3)c12. The van der Waals surface area contributed by atoms with E-state index in [9.17, 15) is 0 Å². The van der Waals surface area contributed by atoms with Gasteiger partial charge in [-0.2, -0.15) is 0 Å². The first kappa shape index (κ1) is 36.4. The number of nitrogens with zero attached hydrogens (tertiary/aromatic N) is 5. The number of fused-ring (bicyclic) bond motifs is 9. The van der Waals surface area contributed by atoms with Crippen molar-refractivity contribution in [1.29, 1.82) is 0 Å². The lowest BCUT2D eigenvalue weighted by molar-refractivity contribution is 0.642. The van der Waals surface area contributed by atoms with E-state index in [4.69, 9.17) is 15.0 Å². The lowest BCUT2D eigenvalue weighted by Gasteiger charge is -2.25. The van der Waals surface area contributed by atoms with Crippen LogP contribution in [-0.4, -0.2) is 24.1 Å². The molecule has 0 bridgehead atoms. The fraction of sp³-hybridized carbons (Fsp3) is 0. The molecule has 64 heavy (non-hydrogen) atoms. The molecule has 0 aliphatic rings. The highest BCUT2D eigenvalue weighted by molar-refractivity contribution is 7.26. The first-order valence-corrected chi connectivity index (χ1v) is 22.1. The lowest BCUT2D eigenvalue weighted by atomic mass is 9.90. The van der Waals surface area contributed by atoms with Crippen LogP contribution < -0.4 is 0 Å². The molecule has 0 spiro atoms. The van der Waals surface area contributed by atoms with Gasteiger partial charge in [-0.3, -0.25) is 0 Å². The van der Waals surface area contributed by atoms with E-state index < -0.39 is 0 Å². The third-order valence-electron chi connectivity index (χ3n) is 12.4. The number of hydrogen-bond acceptors (Lipinski definition) is 4. The number of thiophene rings is 1. The van der Waals surface area contributed by atoms with Gasteiger partial charge in [0, 0.05) is 49.0 Å². The van der Waals surface area contributed by atoms with Gasteiger partial charge in [-0.15, -0.1) is 11.3 Å². The molecule has 7 heteroatoms. The summed E-state index contributed by atoms with van der Waals surface area (Å²) in [5, 5.41) is 6.25. The highest BCUT2D eigenvalue weighted by atomic mass is 32.1. The standard InChI is InChI=1S/C57H34FN5S/c58-43-30-18-29-42-49-48(35-19-4-1-5-20-35)50(57-60-55(36-21-6-2-7-22-36)59-56(61-57)37-23-8-3-9-24-37)51(62-44-31-14-10-25-38(44)39-26-11-15-32-45(39)62)52(54(49)64-53(42)43)63-46-33-16-12-27-40(46)41-28-13-17-34-47(41)63/h1-34H. The minimum absolute atomic E-state index is 0.260. The van der Waals surface area contributed by atoms with Gasteiger partial charge in [0.15, 0.2) is 17.5 Å². The maximum absolute atomic E-state index is 16.6. The van der Waals surface area contributed by atoms with Crippen LogP contribution in [0.5, 0.6) is 0 Å². The maximum atomic E-state index is 16.6. The summed E-state index contributed by atoms with van der Waals surface area (Å²) in [4.78, 5) is 16.3. The minimum Gasteiger partial charge on any atom is -0.306 e. The van der Waals surface area contributed by atoms with E-state index in [-0.39, 0.29) is 5.82 Å². The Hall–Kier alpha value is -8.26. The Morgan fingerprint density at radius 3 is 1.20 bits per heavy atom. The van der Waals surface area contributed by atoms with Crippen LogP contribution in [0.2, 0.25) is 0 Å². The predicted octanol–water partition coefficient (Wildman–Crippen LogP) is 15.2. The van der Waals surface area contributed by atoms with Gasteiger partial charge in [0.05, 0.1) is 48.4 Å². The molecule has 0 radical (unpaired) electrons. The maximum Gasteiger partial charge on any atom is 0.166 e. The molecule has 0 saturated carbocycles. The van der Waals surface area contributed by atoms with Gasteiger partial charge in [-0.25, -0.2) is 19.3 Å². The van der Waals surface area contributed by atoms with Crippen molar-refractivity contribution in [2.24, 2.45) is 0 Å². The predicted molar refractivity (Wildman–Crippen MR) is 263 cm³/mol. The third-order valence-corrected chi connectivity index (χ3v) is 13.7. The summed E-state index contributed by atoms with van der Waals surface area (Å²) >= 11 is 1.50. The zero-order chi connectivity index (χ0) is 42.3. The van der Waals surface area contributed by atoms with Crippen LogP contribution in [0, 0.1) is 5.82 Å². The van der Waals surface area contributed by atoms with Crippen LogP contribution in [-0.2, 0) is 0 Å². The second-order valence-electron chi connectivity index (χ2n) is 16.0. The molecule has 0 unspecified atom stereocenters. The van der Waals surface area contributed by atoms with Crippen molar-refractivity contribution in [3.63, 3.8) is 0 Å². The van der Waals surface area contributed by atoms with Gasteiger partial charge in [0.1, 0.15) is 5.82 Å². The quantitative estimate of drug-likeness (QED) is 0.168. The fourth-order valence-electron chi connectivity index (χ4n) is 9.75. The van der Waals surface area contributed by atoms with Crippen molar-refractivity contribution in [3.05, 3.63) is 212 Å². The summed E-state index contributed by atoms with van der Waals surface area (Å²) in [5.41, 5.74) is 10.3. The minimum atomic E-state index is -0.260. The van der Waals surface area contributed by atoms with Gasteiger partial charge >= 0.3 is 0 Å². The zero-order valence-electron chi connectivity index (χ0n) is 34.2. The number of rotatable bonds is 6. The van der Waals surface area contributed by atoms with Crippen LogP contribution in [0.4, 0.5) is 4.39 Å². The molecule has 5 nitrogen and oxygen atoms in total. The van der Waals surface area contributed by atoms with E-state index in [1.807, 2.05) is 72.8 Å². The van der Waals surface area contributed by atoms with Crippen molar-refractivity contribution in [2.75, 3.05) is 0 Å². The Morgan fingerprint density at radius 1 is 0.328 bits per heavy atom. The van der Waals surface area contributed by atoms with E-state index in [0.717, 1.165) is 98.3 Å². The number of para-hydroxylation sites is 4. The number of hydrogen-bond donors (Lipinski definition) is 0. The van der Waals surface area contributed by atoms with E-state index in [2.05, 4.69) is 137 Å². The van der Waals surface area contributed by atoms with Gasteiger partial charge in [-0.05, 0) is 35.9 Å². The lowest BCUT2D eigenvalue weighted by Crippen LogP contribution is -2.10. The van der Waals surface area contributed by atoms with Crippen LogP contribution in [0.15, 0.2) is 206 Å². The molecule has 0 N–H and O–H groups in total. The van der Waals surface area contributed by atoms with Gasteiger partial charge in [0.25, 0.3) is 0 Å². The van der Waals surface area contributed by atoms with Crippen molar-refractivity contribution < 1.29 is 4.39 Å². The highest BCUT2D eigenvalue weighted by Gasteiger charge is 2.32. The molecule has 4 heterocycles. The second-order valence-corrected chi connectivity index (χ2v) is 17.0. The van der Waals surface area contributed by atoms with Crippen LogP contribution in [0.1, 0.15) is 0 Å². The van der Waals surface area contributed by atoms with Crippen LogP contribution in [0.3, 0.4) is 0 Å². The second kappa shape index (κ2) is 14.4. The molecule has 0 aliphatic heterocycles. The summed E-state index contributed by atoms with van der Waals surface area (Å²) in [5.74, 6) is 1.35. The van der Waals surface area contributed by atoms with E-state index in [1.165, 1.54) is 11.3 Å². The fourth-order valence-corrected chi connectivity index (χ4v) is 11.0. The van der Waals surface area contributed by atoms with Crippen LogP contribution in [0.25, 0.3) is 120 Å². The average Bonchev–Trinajstić information content (AvgIpc) is 4.03. The molecule has 0 fully saturated rings. The summed E-state index contributed by atoms with van der Waals surface area (Å²) in [6.45, 7) is 0. The molecule has 13 aromatic rings. The molecular weight excluding hydrogens is 806 g/mol. The van der Waals surface area contributed by atoms with E-state index in [0.29, 0.717) is 22.2 Å². The first-order chi connectivity index (χ1) is 31.7. The third kappa shape index (κ3) is 5.44. The largest absolute Gasteiger partial charge is 0.306 e. The topological polar surface area (TPSA) is 48.5 Å². The molecule has 13 rings (SSSR count). The molecule has 0 aliphatic carbocycles. The van der Waals surface area contributed by atoms with Crippen molar-refractivity contribution in [1.82, 2.24) is 24.1 Å². The molecule has 4 aromatic heterocycles. The average molecular weight is 840 g/mol. The number of aromatic nitrogens is 5. The normalized spacial score (nSPS) is 11.8. The summed E-state index contributed by atoms with van der Waals surface area (Å²) in [6.07, 6.45) is 0. The molecule has 9 aromatic carbocycles. The number of halogens is 1. The molecule has 0 saturated heterocycles. The van der Waals surface area contributed by atoms with Gasteiger partial charge in [-0.1, -0.05) is 176 Å². The Bertz CT molecular complexity index is 3800. The van der Waals surface area contributed by atoms with Gasteiger partial charge in [0.2, 0.25) is 0 Å². The van der Waals surface area contributed by atoms with Gasteiger partial charge < -0.3 is 9.13 Å². The Labute approximate surface area is 370 Å². The first-order valence-electron chi connectivity index (χ1n) is 21.3. The zero-order valence-corrected chi connectivity index (χ0v) is 35.0. The Balaban J connectivity index is 1.36. The highest BCUT2D eigenvalue weighted by Crippen LogP contribution is 2.54. The Kier molecular flexibility index (Phi) is 8.20. The molecule has 300 valence electrons. The summed E-state index contributed by atoms with van der Waals surface area (Å²) < 4.78 is 22.9. The summed E-state index contributed by atoms with van der Waals surface area (Å²) in [6, 6.07) is 70.5. The van der Waals surface area contributed by atoms with Crippen molar-refractivity contribution >= 4 is 75.1 Å². The van der Waals surface area contributed by atoms with E-state index in [1.54, 1.807) is 6.07 Å². The smallest absolute Gasteiger partial charge is 0.166 e. The monoisotopic (exact) mass is 839 g/mol. The van der Waals surface area contributed by atoms with Crippen molar-refractivity contribution in [3.8, 4) is 56.7 Å². The molecule has 0 atom stereocenters. The molecule has 0 amide bonds. The van der Waals surface area contributed by atoms with Crippen LogP contribution >= 0.6 is 11.3 Å². The van der Waals surface area contributed by atoms with E-state index >= 15 is 4.39 Å².